The van der Waals surface area contributed by atoms with Crippen LogP contribution in [0.2, 0.25) is 0 Å². The zero-order chi connectivity index (χ0) is 17.4. The highest BCUT2D eigenvalue weighted by Crippen LogP contribution is 2.07. The molecule has 0 fully saturated rings. The molecule has 1 aromatic carbocycles. The van der Waals surface area contributed by atoms with Crippen molar-refractivity contribution in [1.82, 2.24) is 20.1 Å². The SMILES string of the molecule is CN(C)CCN(Cc1cccnc1)C(=O)NCc1ccccc1F. The monoisotopic (exact) mass is 330 g/mol. The van der Waals surface area contributed by atoms with E-state index in [0.717, 1.165) is 12.1 Å². The number of aromatic nitrogens is 1. The molecule has 2 rings (SSSR count). The van der Waals surface area contributed by atoms with E-state index in [-0.39, 0.29) is 18.4 Å². The number of halogens is 1. The van der Waals surface area contributed by atoms with Gasteiger partial charge in [0.15, 0.2) is 0 Å². The Hall–Kier alpha value is -2.47. The highest BCUT2D eigenvalue weighted by Gasteiger charge is 2.14. The Kier molecular flexibility index (Phi) is 6.69. The van der Waals surface area contributed by atoms with E-state index in [2.05, 4.69) is 10.3 Å². The van der Waals surface area contributed by atoms with Gasteiger partial charge in [0.2, 0.25) is 0 Å². The maximum absolute atomic E-state index is 13.7. The summed E-state index contributed by atoms with van der Waals surface area (Å²) in [5.41, 5.74) is 1.43. The molecular weight excluding hydrogens is 307 g/mol. The number of hydrogen-bond donors (Lipinski definition) is 1. The first-order valence-corrected chi connectivity index (χ1v) is 7.86. The second kappa shape index (κ2) is 8.98. The molecule has 0 saturated heterocycles. The number of carbonyl (C=O) groups is 1. The fraction of sp³-hybridized carbons (Fsp3) is 0.333. The Morgan fingerprint density at radius 1 is 1.17 bits per heavy atom. The number of rotatable bonds is 7. The fourth-order valence-corrected chi connectivity index (χ4v) is 2.21. The third-order valence-electron chi connectivity index (χ3n) is 3.59. The van der Waals surface area contributed by atoms with Crippen molar-refractivity contribution in [2.24, 2.45) is 0 Å². The third-order valence-corrected chi connectivity index (χ3v) is 3.59. The van der Waals surface area contributed by atoms with Crippen molar-refractivity contribution in [2.75, 3.05) is 27.2 Å². The largest absolute Gasteiger partial charge is 0.334 e. The van der Waals surface area contributed by atoms with Gasteiger partial charge in [-0.05, 0) is 31.8 Å². The molecule has 0 aliphatic heterocycles. The number of hydrogen-bond acceptors (Lipinski definition) is 3. The van der Waals surface area contributed by atoms with Crippen molar-refractivity contribution >= 4 is 6.03 Å². The van der Waals surface area contributed by atoms with Gasteiger partial charge in [0.05, 0.1) is 0 Å². The van der Waals surface area contributed by atoms with Crippen molar-refractivity contribution in [1.29, 1.82) is 0 Å². The van der Waals surface area contributed by atoms with E-state index in [1.807, 2.05) is 31.1 Å². The van der Waals surface area contributed by atoms with E-state index < -0.39 is 0 Å². The quantitative estimate of drug-likeness (QED) is 0.848. The van der Waals surface area contributed by atoms with Gasteiger partial charge in [-0.3, -0.25) is 4.98 Å². The van der Waals surface area contributed by atoms with Crippen molar-refractivity contribution in [3.8, 4) is 0 Å². The van der Waals surface area contributed by atoms with Gasteiger partial charge in [-0.25, -0.2) is 9.18 Å². The Labute approximate surface area is 142 Å². The van der Waals surface area contributed by atoms with Crippen LogP contribution in [0.4, 0.5) is 9.18 Å². The minimum atomic E-state index is -0.315. The molecule has 0 saturated carbocycles. The van der Waals surface area contributed by atoms with Gasteiger partial charge in [-0.15, -0.1) is 0 Å². The van der Waals surface area contributed by atoms with Crippen LogP contribution < -0.4 is 5.32 Å². The number of carbonyl (C=O) groups excluding carboxylic acids is 1. The van der Waals surface area contributed by atoms with E-state index in [4.69, 9.17) is 0 Å². The van der Waals surface area contributed by atoms with E-state index in [9.17, 15) is 9.18 Å². The highest BCUT2D eigenvalue weighted by molar-refractivity contribution is 5.74. The minimum Gasteiger partial charge on any atom is -0.334 e. The normalized spacial score (nSPS) is 10.7. The van der Waals surface area contributed by atoms with Crippen LogP contribution in [0.25, 0.3) is 0 Å². The summed E-state index contributed by atoms with van der Waals surface area (Å²) < 4.78 is 13.7. The molecule has 0 unspecified atom stereocenters. The topological polar surface area (TPSA) is 48.5 Å². The van der Waals surface area contributed by atoms with Crippen LogP contribution in [0.1, 0.15) is 11.1 Å². The molecule has 0 bridgehead atoms. The lowest BCUT2D eigenvalue weighted by Gasteiger charge is -2.25. The van der Waals surface area contributed by atoms with Crippen LogP contribution in [0, 0.1) is 5.82 Å². The van der Waals surface area contributed by atoms with Gasteiger partial charge in [0.25, 0.3) is 0 Å². The smallest absolute Gasteiger partial charge is 0.318 e. The van der Waals surface area contributed by atoms with Gasteiger partial charge >= 0.3 is 6.03 Å². The van der Waals surface area contributed by atoms with Gasteiger partial charge in [-0.2, -0.15) is 0 Å². The summed E-state index contributed by atoms with van der Waals surface area (Å²) >= 11 is 0. The Balaban J connectivity index is 1.99. The second-order valence-corrected chi connectivity index (χ2v) is 5.84. The molecule has 0 spiro atoms. The average molecular weight is 330 g/mol. The summed E-state index contributed by atoms with van der Waals surface area (Å²) in [4.78, 5) is 20.3. The number of benzene rings is 1. The molecule has 0 atom stereocenters. The maximum atomic E-state index is 13.7. The predicted molar refractivity (Wildman–Crippen MR) is 91.8 cm³/mol. The van der Waals surface area contributed by atoms with Gasteiger partial charge in [0, 0.05) is 44.1 Å². The van der Waals surface area contributed by atoms with Crippen LogP contribution in [0.5, 0.6) is 0 Å². The van der Waals surface area contributed by atoms with E-state index in [1.54, 1.807) is 35.5 Å². The van der Waals surface area contributed by atoms with Gasteiger partial charge in [-0.1, -0.05) is 24.3 Å². The third kappa shape index (κ3) is 5.62. The zero-order valence-corrected chi connectivity index (χ0v) is 14.1. The molecule has 1 heterocycles. The van der Waals surface area contributed by atoms with Gasteiger partial charge in [0.1, 0.15) is 5.82 Å². The molecule has 6 heteroatoms. The van der Waals surface area contributed by atoms with Crippen molar-refractivity contribution < 1.29 is 9.18 Å². The van der Waals surface area contributed by atoms with Crippen LogP contribution in [-0.4, -0.2) is 48.0 Å². The predicted octanol–water partition coefficient (Wildman–Crippen LogP) is 2.49. The summed E-state index contributed by atoms with van der Waals surface area (Å²) in [6.45, 7) is 1.94. The molecule has 2 amide bonds. The van der Waals surface area contributed by atoms with E-state index in [1.165, 1.54) is 6.07 Å². The summed E-state index contributed by atoms with van der Waals surface area (Å²) in [7, 11) is 3.92. The first kappa shape index (κ1) is 17.9. The second-order valence-electron chi connectivity index (χ2n) is 5.84. The molecule has 2 aromatic rings. The minimum absolute atomic E-state index is 0.164. The molecule has 1 aromatic heterocycles. The molecule has 24 heavy (non-hydrogen) atoms. The Morgan fingerprint density at radius 2 is 1.96 bits per heavy atom. The maximum Gasteiger partial charge on any atom is 0.318 e. The first-order valence-electron chi connectivity index (χ1n) is 7.86. The molecule has 128 valence electrons. The molecule has 1 N–H and O–H groups in total. The van der Waals surface area contributed by atoms with Crippen LogP contribution in [-0.2, 0) is 13.1 Å². The number of nitrogens with zero attached hydrogens (tertiary/aromatic N) is 3. The summed E-state index contributed by atoms with van der Waals surface area (Å²) in [6.07, 6.45) is 3.44. The summed E-state index contributed by atoms with van der Waals surface area (Å²) in [6, 6.07) is 10.00. The summed E-state index contributed by atoms with van der Waals surface area (Å²) in [5.74, 6) is -0.315. The standard InChI is InChI=1S/C18H23FN4O/c1-22(2)10-11-23(14-15-6-5-9-20-12-15)18(24)21-13-16-7-3-4-8-17(16)19/h3-9,12H,10-11,13-14H2,1-2H3,(H,21,24). The number of nitrogens with one attached hydrogen (secondary N) is 1. The van der Waals surface area contributed by atoms with Crippen molar-refractivity contribution in [3.63, 3.8) is 0 Å². The highest BCUT2D eigenvalue weighted by atomic mass is 19.1. The van der Waals surface area contributed by atoms with E-state index >= 15 is 0 Å². The average Bonchev–Trinajstić information content (AvgIpc) is 2.58. The number of urea groups is 1. The Morgan fingerprint density at radius 3 is 2.62 bits per heavy atom. The van der Waals surface area contributed by atoms with Crippen LogP contribution in [0.3, 0.4) is 0 Å². The van der Waals surface area contributed by atoms with Crippen LogP contribution >= 0.6 is 0 Å². The van der Waals surface area contributed by atoms with Crippen LogP contribution in [0.15, 0.2) is 48.8 Å². The molecular formula is C18H23FN4O. The molecule has 5 nitrogen and oxygen atoms in total. The molecule has 0 aliphatic rings. The number of likely N-dealkylation sites (N-methyl/N-ethyl adjacent to an activating group) is 1. The fourth-order valence-electron chi connectivity index (χ4n) is 2.21. The molecule has 0 radical (unpaired) electrons. The lowest BCUT2D eigenvalue weighted by atomic mass is 10.2. The van der Waals surface area contributed by atoms with Crippen molar-refractivity contribution in [2.45, 2.75) is 13.1 Å². The Bertz CT molecular complexity index is 648. The number of amides is 2. The van der Waals surface area contributed by atoms with Gasteiger partial charge < -0.3 is 15.1 Å². The summed E-state index contributed by atoms with van der Waals surface area (Å²) in [5, 5.41) is 2.79. The molecule has 0 aliphatic carbocycles. The zero-order valence-electron chi connectivity index (χ0n) is 14.1. The lowest BCUT2D eigenvalue weighted by Crippen LogP contribution is -2.42. The lowest BCUT2D eigenvalue weighted by molar-refractivity contribution is 0.188. The first-order chi connectivity index (χ1) is 11.6. The van der Waals surface area contributed by atoms with Crippen molar-refractivity contribution in [3.05, 3.63) is 65.7 Å². The van der Waals surface area contributed by atoms with E-state index in [0.29, 0.717) is 18.7 Å². The number of pyridine rings is 1.